The molecule has 2 amide bonds. The monoisotopic (exact) mass is 555 g/mol. The molecule has 1 aromatic heterocycles. The summed E-state index contributed by atoms with van der Waals surface area (Å²) in [5, 5.41) is 2.85. The Balaban J connectivity index is 1.48. The third kappa shape index (κ3) is 5.94. The largest absolute Gasteiger partial charge is 0.493 e. The summed E-state index contributed by atoms with van der Waals surface area (Å²) in [6.07, 6.45) is 2.50. The number of aryl methyl sites for hydroxylation is 2. The standard InChI is InChI=1S/C32H33N3O6/c1-19-8-10-24(12-20(19)2)31(38)33-26(14-22-9-11-28(41-21(3)36)29(15-22)40-4)32(39)34-16-23-13-25(18-34)27-6-5-7-30(37)35(27)17-23/h5-12,14-15,23,25H,13,16-18H2,1-4H3,(H,33,38)/b26-14+. The summed E-state index contributed by atoms with van der Waals surface area (Å²) in [7, 11) is 1.46. The van der Waals surface area contributed by atoms with E-state index < -0.39 is 11.9 Å². The summed E-state index contributed by atoms with van der Waals surface area (Å²) < 4.78 is 12.4. The number of rotatable bonds is 6. The maximum absolute atomic E-state index is 14.0. The predicted molar refractivity (Wildman–Crippen MR) is 154 cm³/mol. The summed E-state index contributed by atoms with van der Waals surface area (Å²) in [5.41, 5.74) is 4.08. The number of piperidine rings is 1. The lowest BCUT2D eigenvalue weighted by Gasteiger charge is -2.43. The number of aromatic nitrogens is 1. The highest BCUT2D eigenvalue weighted by atomic mass is 16.6. The second-order valence-corrected chi connectivity index (χ2v) is 10.7. The highest BCUT2D eigenvalue weighted by molar-refractivity contribution is 6.05. The molecule has 3 aromatic rings. The van der Waals surface area contributed by atoms with E-state index in [0.29, 0.717) is 36.5 Å². The smallest absolute Gasteiger partial charge is 0.308 e. The lowest BCUT2D eigenvalue weighted by Crippen LogP contribution is -2.50. The van der Waals surface area contributed by atoms with Gasteiger partial charge >= 0.3 is 5.97 Å². The quantitative estimate of drug-likeness (QED) is 0.282. The SMILES string of the molecule is COc1cc(/C=C(/NC(=O)c2ccc(C)c(C)c2)C(=O)N2CC3CC(C2)c2cccc(=O)n2C3)ccc1OC(C)=O. The first-order valence-electron chi connectivity index (χ1n) is 13.6. The first kappa shape index (κ1) is 27.9. The van der Waals surface area contributed by atoms with Gasteiger partial charge in [-0.2, -0.15) is 0 Å². The predicted octanol–water partition coefficient (Wildman–Crippen LogP) is 3.82. The summed E-state index contributed by atoms with van der Waals surface area (Å²) in [4.78, 5) is 53.1. The van der Waals surface area contributed by atoms with Gasteiger partial charge in [-0.3, -0.25) is 19.2 Å². The molecule has 0 saturated carbocycles. The van der Waals surface area contributed by atoms with Crippen molar-refractivity contribution in [1.82, 2.24) is 14.8 Å². The van der Waals surface area contributed by atoms with E-state index in [0.717, 1.165) is 23.2 Å². The van der Waals surface area contributed by atoms with Gasteiger partial charge < -0.3 is 24.3 Å². The van der Waals surface area contributed by atoms with Crippen molar-refractivity contribution in [2.24, 2.45) is 5.92 Å². The van der Waals surface area contributed by atoms with Crippen molar-refractivity contribution in [3.63, 3.8) is 0 Å². The minimum Gasteiger partial charge on any atom is -0.493 e. The number of hydrogen-bond donors (Lipinski definition) is 1. The molecule has 9 heteroatoms. The van der Waals surface area contributed by atoms with E-state index in [1.807, 2.05) is 30.5 Å². The molecule has 0 radical (unpaired) electrons. The Labute approximate surface area is 238 Å². The van der Waals surface area contributed by atoms with Gasteiger partial charge in [0.15, 0.2) is 11.5 Å². The topological polar surface area (TPSA) is 107 Å². The lowest BCUT2D eigenvalue weighted by molar-refractivity contribution is -0.132. The van der Waals surface area contributed by atoms with Gasteiger partial charge in [0.1, 0.15) is 5.70 Å². The zero-order chi connectivity index (χ0) is 29.3. The van der Waals surface area contributed by atoms with Crippen LogP contribution >= 0.6 is 0 Å². The number of carbonyl (C=O) groups is 3. The van der Waals surface area contributed by atoms with Crippen molar-refractivity contribution < 1.29 is 23.9 Å². The fraction of sp³-hybridized carbons (Fsp3) is 0.312. The van der Waals surface area contributed by atoms with Gasteiger partial charge in [0, 0.05) is 49.8 Å². The highest BCUT2D eigenvalue weighted by Crippen LogP contribution is 2.35. The molecule has 3 heterocycles. The van der Waals surface area contributed by atoms with E-state index in [4.69, 9.17) is 9.47 Å². The zero-order valence-electron chi connectivity index (χ0n) is 23.6. The van der Waals surface area contributed by atoms with Gasteiger partial charge in [-0.15, -0.1) is 0 Å². The fourth-order valence-electron chi connectivity index (χ4n) is 5.64. The summed E-state index contributed by atoms with van der Waals surface area (Å²) >= 11 is 0. The average molecular weight is 556 g/mol. The van der Waals surface area contributed by atoms with Gasteiger partial charge in [-0.25, -0.2) is 0 Å². The van der Waals surface area contributed by atoms with Gasteiger partial charge in [0.2, 0.25) is 0 Å². The van der Waals surface area contributed by atoms with Crippen LogP contribution in [0.3, 0.4) is 0 Å². The molecule has 2 bridgehead atoms. The average Bonchev–Trinajstić information content (AvgIpc) is 2.94. The van der Waals surface area contributed by atoms with E-state index in [9.17, 15) is 19.2 Å². The van der Waals surface area contributed by atoms with Gasteiger partial charge in [0.25, 0.3) is 17.4 Å². The Bertz CT molecular complexity index is 1620. The fourth-order valence-corrected chi connectivity index (χ4v) is 5.64. The molecule has 41 heavy (non-hydrogen) atoms. The van der Waals surface area contributed by atoms with Crippen molar-refractivity contribution in [1.29, 1.82) is 0 Å². The number of pyridine rings is 1. The maximum Gasteiger partial charge on any atom is 0.308 e. The number of ether oxygens (including phenoxy) is 2. The second-order valence-electron chi connectivity index (χ2n) is 10.7. The minimum absolute atomic E-state index is 0.0237. The Kier molecular flexibility index (Phi) is 7.79. The molecule has 9 nitrogen and oxygen atoms in total. The van der Waals surface area contributed by atoms with Crippen LogP contribution in [0.25, 0.3) is 6.08 Å². The molecule has 5 rings (SSSR count). The van der Waals surface area contributed by atoms with Crippen LogP contribution < -0.4 is 20.3 Å². The molecule has 2 aliphatic rings. The van der Waals surface area contributed by atoms with Crippen LogP contribution in [0.4, 0.5) is 0 Å². The lowest BCUT2D eigenvalue weighted by atomic mass is 9.83. The molecule has 1 saturated heterocycles. The number of benzene rings is 2. The number of hydrogen-bond acceptors (Lipinski definition) is 6. The number of amides is 2. The highest BCUT2D eigenvalue weighted by Gasteiger charge is 2.37. The molecule has 2 unspecified atom stereocenters. The number of nitrogens with zero attached hydrogens (tertiary/aromatic N) is 2. The summed E-state index contributed by atoms with van der Waals surface area (Å²) in [6, 6.07) is 15.6. The maximum atomic E-state index is 14.0. The van der Waals surface area contributed by atoms with Crippen LogP contribution in [0.1, 0.15) is 52.0 Å². The number of nitrogens with one attached hydrogen (secondary N) is 1. The van der Waals surface area contributed by atoms with Gasteiger partial charge in [-0.05, 0) is 79.3 Å². The van der Waals surface area contributed by atoms with E-state index in [2.05, 4.69) is 5.32 Å². The van der Waals surface area contributed by atoms with Crippen molar-refractivity contribution in [2.75, 3.05) is 20.2 Å². The number of methoxy groups -OCH3 is 1. The van der Waals surface area contributed by atoms with Crippen LogP contribution in [0.15, 0.2) is 65.1 Å². The van der Waals surface area contributed by atoms with Crippen LogP contribution in [-0.2, 0) is 16.1 Å². The third-order valence-corrected chi connectivity index (χ3v) is 7.77. The van der Waals surface area contributed by atoms with E-state index in [-0.39, 0.29) is 34.7 Å². The molecule has 0 aliphatic carbocycles. The first-order valence-corrected chi connectivity index (χ1v) is 13.6. The summed E-state index contributed by atoms with van der Waals surface area (Å²) in [5.74, 6) is -0.470. The van der Waals surface area contributed by atoms with Gasteiger partial charge in [0.05, 0.1) is 7.11 Å². The molecular weight excluding hydrogens is 522 g/mol. The van der Waals surface area contributed by atoms with Crippen LogP contribution in [-0.4, -0.2) is 47.4 Å². The van der Waals surface area contributed by atoms with Crippen molar-refractivity contribution in [3.05, 3.63) is 98.6 Å². The number of fused-ring (bicyclic) bond motifs is 4. The normalized spacial score (nSPS) is 17.9. The summed E-state index contributed by atoms with van der Waals surface area (Å²) in [6.45, 7) is 6.66. The third-order valence-electron chi connectivity index (χ3n) is 7.77. The Hall–Kier alpha value is -4.66. The first-order chi connectivity index (χ1) is 19.6. The molecule has 2 atom stereocenters. The Morgan fingerprint density at radius 3 is 2.49 bits per heavy atom. The molecule has 2 aromatic carbocycles. The van der Waals surface area contributed by atoms with Crippen LogP contribution in [0.2, 0.25) is 0 Å². The minimum atomic E-state index is -0.484. The van der Waals surface area contributed by atoms with Gasteiger partial charge in [-0.1, -0.05) is 18.2 Å². The molecule has 1 N–H and O–H groups in total. The van der Waals surface area contributed by atoms with E-state index in [1.165, 1.54) is 14.0 Å². The number of likely N-dealkylation sites (tertiary alicyclic amines) is 1. The molecular formula is C32H33N3O6. The molecule has 0 spiro atoms. The zero-order valence-corrected chi connectivity index (χ0v) is 23.6. The second kappa shape index (κ2) is 11.4. The van der Waals surface area contributed by atoms with Crippen LogP contribution in [0, 0.1) is 19.8 Å². The Morgan fingerprint density at radius 1 is 0.951 bits per heavy atom. The van der Waals surface area contributed by atoms with E-state index in [1.54, 1.807) is 53.4 Å². The van der Waals surface area contributed by atoms with E-state index >= 15 is 0 Å². The van der Waals surface area contributed by atoms with Crippen molar-refractivity contribution >= 4 is 23.9 Å². The Morgan fingerprint density at radius 2 is 1.76 bits per heavy atom. The number of esters is 1. The van der Waals surface area contributed by atoms with Crippen LogP contribution in [0.5, 0.6) is 11.5 Å². The molecule has 1 fully saturated rings. The molecule has 2 aliphatic heterocycles. The van der Waals surface area contributed by atoms with Crippen molar-refractivity contribution in [2.45, 2.75) is 39.7 Å². The van der Waals surface area contributed by atoms with Crippen molar-refractivity contribution in [3.8, 4) is 11.5 Å². The number of carbonyl (C=O) groups excluding carboxylic acids is 3. The molecule has 212 valence electrons.